The Morgan fingerprint density at radius 2 is 1.62 bits per heavy atom. The van der Waals surface area contributed by atoms with Gasteiger partial charge < -0.3 is 20.1 Å². The number of hydrogen-bond donors (Lipinski definition) is 2. The summed E-state index contributed by atoms with van der Waals surface area (Å²) in [6.07, 6.45) is 1.67. The first-order chi connectivity index (χ1) is 12.8. The van der Waals surface area contributed by atoms with Gasteiger partial charge >= 0.3 is 0 Å². The van der Waals surface area contributed by atoms with Crippen LogP contribution in [0.2, 0.25) is 0 Å². The van der Waals surface area contributed by atoms with Crippen molar-refractivity contribution in [1.82, 2.24) is 20.1 Å². The zero-order valence-electron chi connectivity index (χ0n) is 15.3. The number of amides is 1. The molecule has 0 saturated carbocycles. The first-order valence-corrected chi connectivity index (χ1v) is 9.39. The van der Waals surface area contributed by atoms with E-state index in [4.69, 9.17) is 9.47 Å². The maximum absolute atomic E-state index is 12.3. The molecule has 8 heteroatoms. The summed E-state index contributed by atoms with van der Waals surface area (Å²) in [6, 6.07) is 3.70. The van der Waals surface area contributed by atoms with Crippen LogP contribution in [-0.2, 0) is 9.47 Å². The Morgan fingerprint density at radius 1 is 1.00 bits per heavy atom. The summed E-state index contributed by atoms with van der Waals surface area (Å²) in [5.74, 6) is -0.130. The topological polar surface area (TPSA) is 79.0 Å². The molecule has 2 fully saturated rings. The van der Waals surface area contributed by atoms with Gasteiger partial charge in [0.25, 0.3) is 5.91 Å². The molecule has 26 heavy (non-hydrogen) atoms. The molecule has 2 saturated heterocycles. The fourth-order valence-electron chi connectivity index (χ4n) is 3.09. The number of nitrogens with zero attached hydrogens (tertiary/aromatic N) is 3. The van der Waals surface area contributed by atoms with Gasteiger partial charge in [-0.1, -0.05) is 0 Å². The molecule has 0 unspecified atom stereocenters. The van der Waals surface area contributed by atoms with Gasteiger partial charge in [-0.3, -0.25) is 19.6 Å². The lowest BCUT2D eigenvalue weighted by atomic mass is 10.3. The minimum Gasteiger partial charge on any atom is -0.384 e. The smallest absolute Gasteiger partial charge is 0.269 e. The first kappa shape index (κ1) is 19.0. The predicted octanol–water partition coefficient (Wildman–Crippen LogP) is -0.112. The highest BCUT2D eigenvalue weighted by Crippen LogP contribution is 2.08. The summed E-state index contributed by atoms with van der Waals surface area (Å²) in [5, 5.41) is 6.32. The van der Waals surface area contributed by atoms with Crippen LogP contribution in [0.3, 0.4) is 0 Å². The van der Waals surface area contributed by atoms with Gasteiger partial charge in [0.05, 0.1) is 26.4 Å². The van der Waals surface area contributed by atoms with Gasteiger partial charge in [-0.2, -0.15) is 0 Å². The van der Waals surface area contributed by atoms with Crippen LogP contribution in [0.15, 0.2) is 18.3 Å². The number of rotatable bonds is 8. The highest BCUT2D eigenvalue weighted by molar-refractivity contribution is 5.93. The molecule has 0 radical (unpaired) electrons. The second-order valence-corrected chi connectivity index (χ2v) is 6.52. The van der Waals surface area contributed by atoms with Gasteiger partial charge in [0.1, 0.15) is 5.69 Å². The molecule has 3 rings (SSSR count). The van der Waals surface area contributed by atoms with E-state index in [1.165, 1.54) is 0 Å². The Bertz CT molecular complexity index is 560. The SMILES string of the molecule is O=C(NCCN1CCOCC1)c1cc(NCCN2CCOCC2)ccn1. The number of pyridine rings is 1. The van der Waals surface area contributed by atoms with Gasteiger partial charge in [0.2, 0.25) is 0 Å². The third kappa shape index (κ3) is 6.21. The number of hydrogen-bond acceptors (Lipinski definition) is 7. The number of morpholine rings is 2. The van der Waals surface area contributed by atoms with E-state index in [9.17, 15) is 4.79 Å². The van der Waals surface area contributed by atoms with Crippen LogP contribution in [0.1, 0.15) is 10.5 Å². The summed E-state index contributed by atoms with van der Waals surface area (Å²) in [7, 11) is 0. The van der Waals surface area contributed by atoms with Crippen LogP contribution in [0.5, 0.6) is 0 Å². The van der Waals surface area contributed by atoms with Crippen molar-refractivity contribution in [3.8, 4) is 0 Å². The van der Waals surface area contributed by atoms with Crippen LogP contribution in [0.4, 0.5) is 5.69 Å². The van der Waals surface area contributed by atoms with E-state index in [1.54, 1.807) is 6.20 Å². The van der Waals surface area contributed by atoms with Crippen molar-refractivity contribution < 1.29 is 14.3 Å². The Kier molecular flexibility index (Phi) is 7.63. The van der Waals surface area contributed by atoms with Crippen LogP contribution in [0.25, 0.3) is 0 Å². The van der Waals surface area contributed by atoms with E-state index in [0.29, 0.717) is 12.2 Å². The van der Waals surface area contributed by atoms with Crippen LogP contribution in [-0.4, -0.2) is 99.5 Å². The molecule has 3 heterocycles. The summed E-state index contributed by atoms with van der Waals surface area (Å²) >= 11 is 0. The molecular weight excluding hydrogens is 334 g/mol. The zero-order valence-corrected chi connectivity index (χ0v) is 15.3. The Balaban J connectivity index is 1.38. The summed E-state index contributed by atoms with van der Waals surface area (Å²) in [6.45, 7) is 10.2. The van der Waals surface area contributed by atoms with Gasteiger partial charge in [-0.25, -0.2) is 0 Å². The number of carbonyl (C=O) groups is 1. The number of anilines is 1. The molecule has 0 aliphatic carbocycles. The fraction of sp³-hybridized carbons (Fsp3) is 0.667. The second kappa shape index (κ2) is 10.4. The molecule has 2 aliphatic heterocycles. The zero-order chi connectivity index (χ0) is 18.0. The molecule has 1 aromatic heterocycles. The average molecular weight is 363 g/mol. The van der Waals surface area contributed by atoms with Crippen LogP contribution in [0, 0.1) is 0 Å². The molecule has 144 valence electrons. The van der Waals surface area contributed by atoms with Crippen molar-refractivity contribution >= 4 is 11.6 Å². The molecular formula is C18H29N5O3. The maximum Gasteiger partial charge on any atom is 0.269 e. The summed E-state index contributed by atoms with van der Waals surface area (Å²) in [4.78, 5) is 21.1. The largest absolute Gasteiger partial charge is 0.384 e. The van der Waals surface area contributed by atoms with E-state index < -0.39 is 0 Å². The highest BCUT2D eigenvalue weighted by atomic mass is 16.5. The summed E-state index contributed by atoms with van der Waals surface area (Å²) < 4.78 is 10.7. The Morgan fingerprint density at radius 3 is 2.27 bits per heavy atom. The lowest BCUT2D eigenvalue weighted by molar-refractivity contribution is 0.0383. The van der Waals surface area contributed by atoms with Crippen molar-refractivity contribution in [2.24, 2.45) is 0 Å². The molecule has 8 nitrogen and oxygen atoms in total. The molecule has 2 aliphatic rings. The highest BCUT2D eigenvalue weighted by Gasteiger charge is 2.12. The quantitative estimate of drug-likeness (QED) is 0.667. The third-order valence-electron chi connectivity index (χ3n) is 4.67. The van der Waals surface area contributed by atoms with Crippen molar-refractivity contribution in [2.45, 2.75) is 0 Å². The van der Waals surface area contributed by atoms with Gasteiger partial charge in [0, 0.05) is 64.2 Å². The molecule has 0 spiro atoms. The molecule has 1 amide bonds. The van der Waals surface area contributed by atoms with Crippen molar-refractivity contribution in [1.29, 1.82) is 0 Å². The van der Waals surface area contributed by atoms with E-state index in [1.807, 2.05) is 12.1 Å². The second-order valence-electron chi connectivity index (χ2n) is 6.52. The van der Waals surface area contributed by atoms with Crippen molar-refractivity contribution in [3.63, 3.8) is 0 Å². The molecule has 0 bridgehead atoms. The van der Waals surface area contributed by atoms with E-state index in [-0.39, 0.29) is 5.91 Å². The fourth-order valence-corrected chi connectivity index (χ4v) is 3.09. The van der Waals surface area contributed by atoms with E-state index in [0.717, 1.165) is 77.9 Å². The normalized spacial score (nSPS) is 19.2. The van der Waals surface area contributed by atoms with Gasteiger partial charge in [-0.15, -0.1) is 0 Å². The number of nitrogens with one attached hydrogen (secondary N) is 2. The van der Waals surface area contributed by atoms with E-state index >= 15 is 0 Å². The van der Waals surface area contributed by atoms with Crippen LogP contribution < -0.4 is 10.6 Å². The maximum atomic E-state index is 12.3. The first-order valence-electron chi connectivity index (χ1n) is 9.39. The molecule has 0 aromatic carbocycles. The lowest BCUT2D eigenvalue weighted by Gasteiger charge is -2.26. The summed E-state index contributed by atoms with van der Waals surface area (Å²) in [5.41, 5.74) is 1.37. The minimum atomic E-state index is -0.130. The van der Waals surface area contributed by atoms with E-state index in [2.05, 4.69) is 25.4 Å². The standard InChI is InChI=1S/C18H29N5O3/c24-18(21-4-6-23-9-13-26-14-10-23)17-15-16(1-2-20-17)19-3-5-22-7-11-25-12-8-22/h1-2,15H,3-14H2,(H,19,20)(H,21,24). The monoisotopic (exact) mass is 363 g/mol. The average Bonchev–Trinajstić information content (AvgIpc) is 2.70. The molecule has 1 aromatic rings. The van der Waals surface area contributed by atoms with Gasteiger partial charge in [0.15, 0.2) is 0 Å². The minimum absolute atomic E-state index is 0.130. The number of carbonyl (C=O) groups excluding carboxylic acids is 1. The molecule has 2 N–H and O–H groups in total. The molecule has 0 atom stereocenters. The third-order valence-corrected chi connectivity index (χ3v) is 4.67. The van der Waals surface area contributed by atoms with Crippen LogP contribution >= 0.6 is 0 Å². The van der Waals surface area contributed by atoms with Gasteiger partial charge in [-0.05, 0) is 12.1 Å². The number of ether oxygens (including phenoxy) is 2. The van der Waals surface area contributed by atoms with Crippen molar-refractivity contribution in [3.05, 3.63) is 24.0 Å². The Hall–Kier alpha value is -1.74. The lowest BCUT2D eigenvalue weighted by Crippen LogP contribution is -2.41. The number of aromatic nitrogens is 1. The Labute approximate surface area is 154 Å². The predicted molar refractivity (Wildman–Crippen MR) is 99.6 cm³/mol. The van der Waals surface area contributed by atoms with Crippen molar-refractivity contribution in [2.75, 3.05) is 84.1 Å².